The van der Waals surface area contributed by atoms with Crippen LogP contribution in [0.3, 0.4) is 0 Å². The monoisotopic (exact) mass is 290 g/mol. The predicted octanol–water partition coefficient (Wildman–Crippen LogP) is 4.27. The molecule has 0 bridgehead atoms. The van der Waals surface area contributed by atoms with Gasteiger partial charge in [-0.2, -0.15) is 0 Å². The van der Waals surface area contributed by atoms with E-state index in [1.54, 1.807) is 6.07 Å². The molecule has 1 aliphatic heterocycles. The summed E-state index contributed by atoms with van der Waals surface area (Å²) in [6.07, 6.45) is 6.60. The van der Waals surface area contributed by atoms with E-state index in [9.17, 15) is 4.39 Å². The number of nitrogens with zero attached hydrogens (tertiary/aromatic N) is 1. The Morgan fingerprint density at radius 2 is 2.10 bits per heavy atom. The second kappa shape index (κ2) is 6.35. The van der Waals surface area contributed by atoms with E-state index in [2.05, 4.69) is 30.1 Å². The van der Waals surface area contributed by atoms with E-state index in [0.717, 1.165) is 30.3 Å². The number of anilines is 1. The minimum atomic E-state index is -0.0693. The molecule has 2 aliphatic rings. The van der Waals surface area contributed by atoms with Crippen molar-refractivity contribution < 1.29 is 4.39 Å². The highest BCUT2D eigenvalue weighted by Crippen LogP contribution is 2.41. The summed E-state index contributed by atoms with van der Waals surface area (Å²) in [4.78, 5) is 2.50. The van der Waals surface area contributed by atoms with E-state index in [1.807, 2.05) is 6.07 Å². The van der Waals surface area contributed by atoms with E-state index in [0.29, 0.717) is 6.04 Å². The lowest BCUT2D eigenvalue weighted by Gasteiger charge is -2.35. The Kier molecular flexibility index (Phi) is 4.48. The lowest BCUT2D eigenvalue weighted by atomic mass is 9.85. The first-order valence-corrected chi connectivity index (χ1v) is 8.50. The Morgan fingerprint density at radius 1 is 1.29 bits per heavy atom. The molecule has 21 heavy (non-hydrogen) atoms. The summed E-state index contributed by atoms with van der Waals surface area (Å²) in [5.41, 5.74) is 1.98. The van der Waals surface area contributed by atoms with Gasteiger partial charge in [-0.05, 0) is 50.8 Å². The number of halogens is 1. The van der Waals surface area contributed by atoms with Crippen molar-refractivity contribution >= 4 is 5.69 Å². The molecule has 0 amide bonds. The van der Waals surface area contributed by atoms with Crippen LogP contribution >= 0.6 is 0 Å². The van der Waals surface area contributed by atoms with Crippen molar-refractivity contribution in [3.63, 3.8) is 0 Å². The molecular weight excluding hydrogens is 263 g/mol. The zero-order chi connectivity index (χ0) is 14.8. The highest BCUT2D eigenvalue weighted by molar-refractivity contribution is 5.57. The number of fused-ring (bicyclic) bond motifs is 1. The summed E-state index contributed by atoms with van der Waals surface area (Å²) in [5.74, 6) is 0.754. The normalized spacial score (nSPS) is 26.7. The molecule has 3 atom stereocenters. The number of benzene rings is 1. The molecule has 1 aromatic carbocycles. The molecule has 0 spiro atoms. The summed E-state index contributed by atoms with van der Waals surface area (Å²) < 4.78 is 14.4. The average molecular weight is 290 g/mol. The van der Waals surface area contributed by atoms with Crippen LogP contribution in [0.5, 0.6) is 0 Å². The largest absolute Gasteiger partial charge is 0.368 e. The first-order valence-electron chi connectivity index (χ1n) is 8.50. The van der Waals surface area contributed by atoms with Crippen molar-refractivity contribution in [1.29, 1.82) is 0 Å². The summed E-state index contributed by atoms with van der Waals surface area (Å²) in [5, 5.41) is 3.37. The van der Waals surface area contributed by atoms with Gasteiger partial charge in [-0.25, -0.2) is 4.39 Å². The van der Waals surface area contributed by atoms with Gasteiger partial charge in [0.05, 0.1) is 0 Å². The highest BCUT2D eigenvalue weighted by atomic mass is 19.1. The van der Waals surface area contributed by atoms with Gasteiger partial charge in [-0.1, -0.05) is 25.8 Å². The van der Waals surface area contributed by atoms with Crippen LogP contribution < -0.4 is 10.2 Å². The molecule has 3 unspecified atom stereocenters. The second-order valence-corrected chi connectivity index (χ2v) is 6.55. The fourth-order valence-corrected chi connectivity index (χ4v) is 4.32. The van der Waals surface area contributed by atoms with Crippen LogP contribution in [0.4, 0.5) is 10.1 Å². The molecule has 116 valence electrons. The molecule has 2 nitrogen and oxygen atoms in total. The van der Waals surface area contributed by atoms with Crippen molar-refractivity contribution in [3.05, 3.63) is 29.6 Å². The van der Waals surface area contributed by atoms with Crippen molar-refractivity contribution in [2.75, 3.05) is 18.0 Å². The molecule has 0 radical (unpaired) electrons. The van der Waals surface area contributed by atoms with Crippen LogP contribution in [-0.4, -0.2) is 19.1 Å². The Labute approximate surface area is 127 Å². The van der Waals surface area contributed by atoms with Gasteiger partial charge in [-0.15, -0.1) is 0 Å². The van der Waals surface area contributed by atoms with Crippen molar-refractivity contribution in [1.82, 2.24) is 5.32 Å². The summed E-state index contributed by atoms with van der Waals surface area (Å²) in [6.45, 7) is 6.09. The van der Waals surface area contributed by atoms with Crippen LogP contribution in [0, 0.1) is 11.7 Å². The van der Waals surface area contributed by atoms with Gasteiger partial charge < -0.3 is 10.2 Å². The molecule has 1 aliphatic carbocycles. The molecule has 1 N–H and O–H groups in total. The Hall–Kier alpha value is -1.09. The molecular formula is C18H27FN2. The zero-order valence-electron chi connectivity index (χ0n) is 13.2. The van der Waals surface area contributed by atoms with Crippen molar-refractivity contribution in [2.45, 2.75) is 58.0 Å². The van der Waals surface area contributed by atoms with Gasteiger partial charge in [-0.3, -0.25) is 0 Å². The predicted molar refractivity (Wildman–Crippen MR) is 86.2 cm³/mol. The Morgan fingerprint density at radius 3 is 2.90 bits per heavy atom. The third-order valence-corrected chi connectivity index (χ3v) is 5.29. The van der Waals surface area contributed by atoms with Gasteiger partial charge in [0.25, 0.3) is 0 Å². The van der Waals surface area contributed by atoms with E-state index >= 15 is 0 Å². The van der Waals surface area contributed by atoms with E-state index in [4.69, 9.17) is 0 Å². The third kappa shape index (κ3) is 2.80. The molecule has 1 saturated heterocycles. The molecule has 2 fully saturated rings. The fourth-order valence-electron chi connectivity index (χ4n) is 4.32. The van der Waals surface area contributed by atoms with Gasteiger partial charge in [0.2, 0.25) is 0 Å². The number of hydrogen-bond donors (Lipinski definition) is 1. The van der Waals surface area contributed by atoms with E-state index in [1.165, 1.54) is 32.1 Å². The number of rotatable bonds is 4. The Balaban J connectivity index is 1.93. The standard InChI is InChI=1S/C18H27FN2/c1-3-20-13(2)18-15(19)8-6-10-17(18)21-12-11-14-7-4-5-9-16(14)21/h6,8,10,13-14,16,20H,3-5,7,9,11-12H2,1-2H3. The lowest BCUT2D eigenvalue weighted by molar-refractivity contribution is 0.341. The van der Waals surface area contributed by atoms with Crippen LogP contribution in [0.2, 0.25) is 0 Å². The topological polar surface area (TPSA) is 15.3 Å². The molecule has 1 heterocycles. The minimum absolute atomic E-state index is 0.0637. The maximum absolute atomic E-state index is 14.4. The quantitative estimate of drug-likeness (QED) is 0.891. The maximum Gasteiger partial charge on any atom is 0.130 e. The van der Waals surface area contributed by atoms with Crippen LogP contribution in [0.1, 0.15) is 57.6 Å². The van der Waals surface area contributed by atoms with Gasteiger partial charge >= 0.3 is 0 Å². The highest BCUT2D eigenvalue weighted by Gasteiger charge is 2.37. The average Bonchev–Trinajstić information content (AvgIpc) is 2.91. The Bertz CT molecular complexity index is 488. The lowest BCUT2D eigenvalue weighted by Crippen LogP contribution is -2.36. The number of nitrogens with one attached hydrogen (secondary N) is 1. The van der Waals surface area contributed by atoms with Crippen LogP contribution in [0.15, 0.2) is 18.2 Å². The minimum Gasteiger partial charge on any atom is -0.368 e. The third-order valence-electron chi connectivity index (χ3n) is 5.29. The van der Waals surface area contributed by atoms with E-state index < -0.39 is 0 Å². The molecule has 3 heteroatoms. The second-order valence-electron chi connectivity index (χ2n) is 6.55. The molecule has 3 rings (SSSR count). The van der Waals surface area contributed by atoms with Crippen molar-refractivity contribution in [2.24, 2.45) is 5.92 Å². The first kappa shape index (κ1) is 14.8. The molecule has 1 aromatic rings. The number of hydrogen-bond acceptors (Lipinski definition) is 2. The van der Waals surface area contributed by atoms with Crippen molar-refractivity contribution in [3.8, 4) is 0 Å². The summed E-state index contributed by atoms with van der Waals surface area (Å²) >= 11 is 0. The van der Waals surface area contributed by atoms with E-state index in [-0.39, 0.29) is 11.9 Å². The fraction of sp³-hybridized carbons (Fsp3) is 0.667. The zero-order valence-corrected chi connectivity index (χ0v) is 13.2. The summed E-state index contributed by atoms with van der Waals surface area (Å²) in [7, 11) is 0. The van der Waals surface area contributed by atoms with Crippen LogP contribution in [0.25, 0.3) is 0 Å². The van der Waals surface area contributed by atoms with Gasteiger partial charge in [0.15, 0.2) is 0 Å². The van der Waals surface area contributed by atoms with Crippen LogP contribution in [-0.2, 0) is 0 Å². The van der Waals surface area contributed by atoms with Gasteiger partial charge in [0.1, 0.15) is 5.82 Å². The molecule has 0 aromatic heterocycles. The molecule has 1 saturated carbocycles. The summed E-state index contributed by atoms with van der Waals surface area (Å²) in [6, 6.07) is 6.27. The SMILES string of the molecule is CCNC(C)c1c(F)cccc1N1CCC2CCCCC21. The first-order chi connectivity index (χ1) is 10.2. The maximum atomic E-state index is 14.4. The smallest absolute Gasteiger partial charge is 0.130 e. The van der Waals surface area contributed by atoms with Gasteiger partial charge in [0, 0.05) is 29.9 Å².